The number of nitrogens with zero attached hydrogens (tertiary/aromatic N) is 1. The van der Waals surface area contributed by atoms with Crippen molar-refractivity contribution in [3.63, 3.8) is 0 Å². The van der Waals surface area contributed by atoms with Gasteiger partial charge in [-0.05, 0) is 12.5 Å². The van der Waals surface area contributed by atoms with Crippen LogP contribution < -0.4 is 5.32 Å². The molecule has 19 heavy (non-hydrogen) atoms. The zero-order chi connectivity index (χ0) is 14.3. The third kappa shape index (κ3) is 5.12. The highest BCUT2D eigenvalue weighted by Gasteiger charge is 2.14. The maximum Gasteiger partial charge on any atom is 0.242 e. The van der Waals surface area contributed by atoms with E-state index in [2.05, 4.69) is 5.32 Å². The van der Waals surface area contributed by atoms with Crippen LogP contribution in [-0.2, 0) is 16.1 Å². The van der Waals surface area contributed by atoms with Gasteiger partial charge in [-0.15, -0.1) is 0 Å². The van der Waals surface area contributed by atoms with Crippen molar-refractivity contribution in [3.8, 4) is 0 Å². The standard InChI is InChI=1S/C15H22N2O2/c1-4-17(11-13-8-6-5-7-9-13)14(18)10-16-15(19)12(2)3/h5-9,12H,4,10-11H2,1-3H3,(H,16,19). The van der Waals surface area contributed by atoms with E-state index in [0.717, 1.165) is 5.56 Å². The highest BCUT2D eigenvalue weighted by molar-refractivity contribution is 5.85. The Hall–Kier alpha value is -1.84. The van der Waals surface area contributed by atoms with Gasteiger partial charge < -0.3 is 10.2 Å². The van der Waals surface area contributed by atoms with Gasteiger partial charge in [0, 0.05) is 19.0 Å². The smallest absolute Gasteiger partial charge is 0.242 e. The van der Waals surface area contributed by atoms with Crippen molar-refractivity contribution in [1.29, 1.82) is 0 Å². The molecule has 0 atom stereocenters. The second-order valence-corrected chi connectivity index (χ2v) is 4.77. The van der Waals surface area contributed by atoms with Crippen LogP contribution in [0.2, 0.25) is 0 Å². The van der Waals surface area contributed by atoms with E-state index in [1.165, 1.54) is 0 Å². The molecule has 0 aliphatic heterocycles. The Morgan fingerprint density at radius 2 is 1.84 bits per heavy atom. The Balaban J connectivity index is 2.50. The van der Waals surface area contributed by atoms with E-state index in [-0.39, 0.29) is 24.3 Å². The van der Waals surface area contributed by atoms with Gasteiger partial charge in [0.05, 0.1) is 6.54 Å². The fraction of sp³-hybridized carbons (Fsp3) is 0.467. The summed E-state index contributed by atoms with van der Waals surface area (Å²) in [6.07, 6.45) is 0. The maximum atomic E-state index is 12.0. The van der Waals surface area contributed by atoms with Gasteiger partial charge in [-0.1, -0.05) is 44.2 Å². The number of benzene rings is 1. The number of rotatable bonds is 6. The minimum atomic E-state index is -0.100. The molecule has 2 amide bonds. The van der Waals surface area contributed by atoms with Crippen LogP contribution in [-0.4, -0.2) is 29.8 Å². The first-order valence-corrected chi connectivity index (χ1v) is 6.64. The van der Waals surface area contributed by atoms with Crippen LogP contribution in [0.1, 0.15) is 26.3 Å². The van der Waals surface area contributed by atoms with E-state index in [9.17, 15) is 9.59 Å². The Morgan fingerprint density at radius 1 is 1.21 bits per heavy atom. The van der Waals surface area contributed by atoms with Crippen molar-refractivity contribution >= 4 is 11.8 Å². The fourth-order valence-electron chi connectivity index (χ4n) is 1.66. The van der Waals surface area contributed by atoms with E-state index in [4.69, 9.17) is 0 Å². The molecule has 0 fully saturated rings. The van der Waals surface area contributed by atoms with Gasteiger partial charge in [0.25, 0.3) is 0 Å². The third-order valence-electron chi connectivity index (χ3n) is 2.89. The normalized spacial score (nSPS) is 10.3. The molecule has 1 rings (SSSR count). The van der Waals surface area contributed by atoms with E-state index in [1.54, 1.807) is 18.7 Å². The summed E-state index contributed by atoms with van der Waals surface area (Å²) < 4.78 is 0. The molecule has 0 unspecified atom stereocenters. The van der Waals surface area contributed by atoms with Crippen LogP contribution in [0.5, 0.6) is 0 Å². The molecular weight excluding hydrogens is 240 g/mol. The van der Waals surface area contributed by atoms with Gasteiger partial charge in [-0.3, -0.25) is 9.59 Å². The monoisotopic (exact) mass is 262 g/mol. The number of carbonyl (C=O) groups excluding carboxylic acids is 2. The van der Waals surface area contributed by atoms with Gasteiger partial charge in [-0.2, -0.15) is 0 Å². The van der Waals surface area contributed by atoms with E-state index in [0.29, 0.717) is 13.1 Å². The van der Waals surface area contributed by atoms with Gasteiger partial charge >= 0.3 is 0 Å². The summed E-state index contributed by atoms with van der Waals surface area (Å²) >= 11 is 0. The van der Waals surface area contributed by atoms with Gasteiger partial charge in [0.1, 0.15) is 0 Å². The Morgan fingerprint density at radius 3 is 2.37 bits per heavy atom. The number of hydrogen-bond donors (Lipinski definition) is 1. The second kappa shape index (κ2) is 7.56. The lowest BCUT2D eigenvalue weighted by molar-refractivity contribution is -0.133. The number of nitrogens with one attached hydrogen (secondary N) is 1. The topological polar surface area (TPSA) is 49.4 Å². The maximum absolute atomic E-state index is 12.0. The SMILES string of the molecule is CCN(Cc1ccccc1)C(=O)CNC(=O)C(C)C. The highest BCUT2D eigenvalue weighted by atomic mass is 16.2. The first-order valence-electron chi connectivity index (χ1n) is 6.64. The first kappa shape index (κ1) is 15.2. The molecule has 0 aromatic heterocycles. The number of amides is 2. The van der Waals surface area contributed by atoms with Crippen LogP contribution in [0.15, 0.2) is 30.3 Å². The molecule has 104 valence electrons. The molecule has 1 N–H and O–H groups in total. The minimum absolute atomic E-state index is 0.0552. The van der Waals surface area contributed by atoms with Crippen LogP contribution >= 0.6 is 0 Å². The van der Waals surface area contributed by atoms with Gasteiger partial charge in [0.15, 0.2) is 0 Å². The van der Waals surface area contributed by atoms with Gasteiger partial charge in [0.2, 0.25) is 11.8 Å². The predicted octanol–water partition coefficient (Wildman–Crippen LogP) is 1.81. The van der Waals surface area contributed by atoms with Crippen LogP contribution in [0.3, 0.4) is 0 Å². The molecule has 0 aliphatic rings. The Labute approximate surface area is 114 Å². The van der Waals surface area contributed by atoms with Crippen LogP contribution in [0.25, 0.3) is 0 Å². The molecule has 0 aliphatic carbocycles. The average molecular weight is 262 g/mol. The predicted molar refractivity (Wildman–Crippen MR) is 75.4 cm³/mol. The second-order valence-electron chi connectivity index (χ2n) is 4.77. The summed E-state index contributed by atoms with van der Waals surface area (Å²) in [7, 11) is 0. The third-order valence-corrected chi connectivity index (χ3v) is 2.89. The van der Waals surface area contributed by atoms with E-state index >= 15 is 0 Å². The average Bonchev–Trinajstić information content (AvgIpc) is 2.42. The number of likely N-dealkylation sites (N-methyl/N-ethyl adjacent to an activating group) is 1. The largest absolute Gasteiger partial charge is 0.347 e. The molecule has 0 saturated carbocycles. The zero-order valence-electron chi connectivity index (χ0n) is 11.8. The van der Waals surface area contributed by atoms with Crippen molar-refractivity contribution in [2.45, 2.75) is 27.3 Å². The molecule has 0 heterocycles. The molecule has 4 heteroatoms. The number of carbonyl (C=O) groups is 2. The van der Waals surface area contributed by atoms with Crippen LogP contribution in [0, 0.1) is 5.92 Å². The van der Waals surface area contributed by atoms with Crippen molar-refractivity contribution in [3.05, 3.63) is 35.9 Å². The molecule has 1 aromatic carbocycles. The lowest BCUT2D eigenvalue weighted by Gasteiger charge is -2.21. The molecule has 4 nitrogen and oxygen atoms in total. The summed E-state index contributed by atoms with van der Waals surface area (Å²) in [5.41, 5.74) is 1.09. The molecule has 1 aromatic rings. The molecule has 0 saturated heterocycles. The van der Waals surface area contributed by atoms with Gasteiger partial charge in [-0.25, -0.2) is 0 Å². The summed E-state index contributed by atoms with van der Waals surface area (Å²) in [5, 5.41) is 2.65. The van der Waals surface area contributed by atoms with E-state index < -0.39 is 0 Å². The zero-order valence-corrected chi connectivity index (χ0v) is 11.8. The molecule has 0 spiro atoms. The summed E-state index contributed by atoms with van der Waals surface area (Å²) in [6, 6.07) is 9.83. The summed E-state index contributed by atoms with van der Waals surface area (Å²) in [4.78, 5) is 25.2. The summed E-state index contributed by atoms with van der Waals surface area (Å²) in [6.45, 7) is 6.82. The Bertz CT molecular complexity index is 415. The van der Waals surface area contributed by atoms with Crippen molar-refractivity contribution < 1.29 is 9.59 Å². The highest BCUT2D eigenvalue weighted by Crippen LogP contribution is 2.04. The minimum Gasteiger partial charge on any atom is -0.347 e. The molecule has 0 bridgehead atoms. The fourth-order valence-corrected chi connectivity index (χ4v) is 1.66. The number of hydrogen-bond acceptors (Lipinski definition) is 2. The van der Waals surface area contributed by atoms with Crippen molar-refractivity contribution in [1.82, 2.24) is 10.2 Å². The van der Waals surface area contributed by atoms with Crippen LogP contribution in [0.4, 0.5) is 0 Å². The lowest BCUT2D eigenvalue weighted by atomic mass is 10.2. The lowest BCUT2D eigenvalue weighted by Crippen LogP contribution is -2.40. The Kier molecular flexibility index (Phi) is 6.06. The first-order chi connectivity index (χ1) is 9.04. The summed E-state index contributed by atoms with van der Waals surface area (Å²) in [5.74, 6) is -0.249. The van der Waals surface area contributed by atoms with Crippen molar-refractivity contribution in [2.75, 3.05) is 13.1 Å². The quantitative estimate of drug-likeness (QED) is 0.850. The molecular formula is C15H22N2O2. The molecule has 0 radical (unpaired) electrons. The van der Waals surface area contributed by atoms with Crippen molar-refractivity contribution in [2.24, 2.45) is 5.92 Å². The van der Waals surface area contributed by atoms with E-state index in [1.807, 2.05) is 37.3 Å².